The normalized spacial score (nSPS) is 13.4. The first-order chi connectivity index (χ1) is 13.3. The van der Waals surface area contributed by atoms with E-state index in [0.29, 0.717) is 10.9 Å². The summed E-state index contributed by atoms with van der Waals surface area (Å²) < 4.78 is 0. The molecule has 1 aliphatic heterocycles. The molecular weight excluding hydrogens is 374 g/mol. The van der Waals surface area contributed by atoms with Gasteiger partial charge in [-0.1, -0.05) is 48.0 Å². The minimum Gasteiger partial charge on any atom is -0.338 e. The minimum absolute atomic E-state index is 0.700. The lowest BCUT2D eigenvalue weighted by molar-refractivity contribution is 1.52. The van der Waals surface area contributed by atoms with E-state index in [1.165, 1.54) is 0 Å². The molecule has 3 nitrogen and oxygen atoms in total. The van der Waals surface area contributed by atoms with Gasteiger partial charge in [0.05, 0.1) is 16.3 Å². The van der Waals surface area contributed by atoms with Crippen LogP contribution in [0.5, 0.6) is 0 Å². The Bertz CT molecular complexity index is 1190. The first-order valence-electron chi connectivity index (χ1n) is 8.54. The van der Waals surface area contributed by atoms with Crippen LogP contribution in [0.2, 0.25) is 5.02 Å². The SMILES string of the molecule is Clc1ccc(C2=NC(c3cccs3)=Nc3c(ccc4ccccc34)N2)cc1. The molecule has 27 heavy (non-hydrogen) atoms. The van der Waals surface area contributed by atoms with E-state index in [-0.39, 0.29) is 0 Å². The Morgan fingerprint density at radius 1 is 0.815 bits per heavy atom. The van der Waals surface area contributed by atoms with Gasteiger partial charge in [-0.25, -0.2) is 9.98 Å². The van der Waals surface area contributed by atoms with E-state index >= 15 is 0 Å². The fourth-order valence-corrected chi connectivity index (χ4v) is 3.91. The van der Waals surface area contributed by atoms with Gasteiger partial charge in [-0.15, -0.1) is 11.3 Å². The molecule has 0 unspecified atom stereocenters. The van der Waals surface area contributed by atoms with Gasteiger partial charge in [0.25, 0.3) is 0 Å². The molecule has 0 aliphatic carbocycles. The summed E-state index contributed by atoms with van der Waals surface area (Å²) in [5.74, 6) is 1.46. The average Bonchev–Trinajstić information content (AvgIpc) is 3.16. The first-order valence-corrected chi connectivity index (χ1v) is 9.80. The van der Waals surface area contributed by atoms with Crippen LogP contribution in [-0.4, -0.2) is 11.7 Å². The van der Waals surface area contributed by atoms with E-state index in [2.05, 4.69) is 29.6 Å². The maximum absolute atomic E-state index is 6.06. The molecule has 1 N–H and O–H groups in total. The number of aliphatic imine (C=N–C) groups is 2. The summed E-state index contributed by atoms with van der Waals surface area (Å²) in [5.41, 5.74) is 2.81. The van der Waals surface area contributed by atoms with Gasteiger partial charge in [-0.05, 0) is 47.2 Å². The third-order valence-electron chi connectivity index (χ3n) is 4.45. The lowest BCUT2D eigenvalue weighted by Gasteiger charge is -2.11. The van der Waals surface area contributed by atoms with Crippen molar-refractivity contribution in [2.75, 3.05) is 5.32 Å². The smallest absolute Gasteiger partial charge is 0.172 e. The number of thiophene rings is 1. The van der Waals surface area contributed by atoms with Gasteiger partial charge < -0.3 is 5.32 Å². The number of benzene rings is 3. The van der Waals surface area contributed by atoms with Gasteiger partial charge >= 0.3 is 0 Å². The summed E-state index contributed by atoms with van der Waals surface area (Å²) in [4.78, 5) is 10.8. The molecule has 2 heterocycles. The Morgan fingerprint density at radius 3 is 2.48 bits per heavy atom. The van der Waals surface area contributed by atoms with Crippen LogP contribution in [0, 0.1) is 0 Å². The second-order valence-electron chi connectivity index (χ2n) is 6.19. The topological polar surface area (TPSA) is 36.8 Å². The first kappa shape index (κ1) is 16.2. The largest absolute Gasteiger partial charge is 0.338 e. The Labute approximate surface area is 165 Å². The lowest BCUT2D eigenvalue weighted by Crippen LogP contribution is -2.14. The number of hydrogen-bond donors (Lipinski definition) is 1. The Hall–Kier alpha value is -2.95. The highest BCUT2D eigenvalue weighted by molar-refractivity contribution is 7.12. The summed E-state index contributed by atoms with van der Waals surface area (Å²) in [6, 6.07) is 24.2. The standard InChI is InChI=1S/C22H14ClN3S/c23-16-10-7-15(8-11-16)21-24-18-12-9-14-4-1-2-5-17(14)20(18)25-22(26-21)19-6-3-13-27-19/h1-13H,(H,24,25,26). The van der Waals surface area contributed by atoms with Crippen LogP contribution in [0.3, 0.4) is 0 Å². The molecule has 0 amide bonds. The quantitative estimate of drug-likeness (QED) is 0.418. The number of amidine groups is 2. The Balaban J connectivity index is 1.75. The Morgan fingerprint density at radius 2 is 1.67 bits per heavy atom. The summed E-state index contributed by atoms with van der Waals surface area (Å²) in [6.07, 6.45) is 0. The molecule has 0 bridgehead atoms. The predicted octanol–water partition coefficient (Wildman–Crippen LogP) is 6.51. The number of fused-ring (bicyclic) bond motifs is 3. The molecule has 5 heteroatoms. The average molecular weight is 388 g/mol. The fraction of sp³-hybridized carbons (Fsp3) is 0. The van der Waals surface area contributed by atoms with Gasteiger partial charge in [0.2, 0.25) is 0 Å². The number of rotatable bonds is 2. The van der Waals surface area contributed by atoms with Crippen molar-refractivity contribution in [3.8, 4) is 0 Å². The Kier molecular flexibility index (Phi) is 4.00. The molecule has 0 saturated carbocycles. The number of anilines is 1. The van der Waals surface area contributed by atoms with Crippen molar-refractivity contribution < 1.29 is 0 Å². The van der Waals surface area contributed by atoms with Crippen LogP contribution in [0.15, 0.2) is 88.2 Å². The van der Waals surface area contributed by atoms with Crippen LogP contribution in [-0.2, 0) is 0 Å². The number of hydrogen-bond acceptors (Lipinski definition) is 4. The van der Waals surface area contributed by atoms with Crippen LogP contribution in [0.4, 0.5) is 11.4 Å². The van der Waals surface area contributed by atoms with Gasteiger partial charge in [-0.3, -0.25) is 0 Å². The number of halogens is 1. The van der Waals surface area contributed by atoms with Gasteiger partial charge in [0.1, 0.15) is 5.84 Å². The number of nitrogens with one attached hydrogen (secondary N) is 1. The molecule has 0 atom stereocenters. The van der Waals surface area contributed by atoms with Crippen molar-refractivity contribution in [3.63, 3.8) is 0 Å². The van der Waals surface area contributed by atoms with Crippen LogP contribution in [0.25, 0.3) is 10.8 Å². The molecule has 0 radical (unpaired) electrons. The van der Waals surface area contributed by atoms with E-state index in [1.807, 2.05) is 53.9 Å². The molecule has 3 aromatic carbocycles. The van der Waals surface area contributed by atoms with E-state index in [1.54, 1.807) is 11.3 Å². The van der Waals surface area contributed by atoms with Crippen molar-refractivity contribution >= 4 is 56.8 Å². The molecule has 0 fully saturated rings. The molecule has 1 aromatic heterocycles. The second kappa shape index (κ2) is 6.65. The molecule has 0 saturated heterocycles. The molecular formula is C22H14ClN3S. The van der Waals surface area contributed by atoms with E-state index in [9.17, 15) is 0 Å². The second-order valence-corrected chi connectivity index (χ2v) is 7.57. The molecule has 5 rings (SSSR count). The third-order valence-corrected chi connectivity index (χ3v) is 5.57. The van der Waals surface area contributed by atoms with Crippen LogP contribution < -0.4 is 5.32 Å². The highest BCUT2D eigenvalue weighted by atomic mass is 35.5. The van der Waals surface area contributed by atoms with Crippen LogP contribution >= 0.6 is 22.9 Å². The lowest BCUT2D eigenvalue weighted by atomic mass is 10.1. The van der Waals surface area contributed by atoms with E-state index in [4.69, 9.17) is 21.6 Å². The predicted molar refractivity (Wildman–Crippen MR) is 116 cm³/mol. The summed E-state index contributed by atoms with van der Waals surface area (Å²) >= 11 is 7.69. The van der Waals surface area contributed by atoms with Crippen molar-refractivity contribution in [1.29, 1.82) is 0 Å². The highest BCUT2D eigenvalue weighted by Gasteiger charge is 2.17. The summed E-state index contributed by atoms with van der Waals surface area (Å²) in [7, 11) is 0. The minimum atomic E-state index is 0.700. The fourth-order valence-electron chi connectivity index (χ4n) is 3.13. The van der Waals surface area contributed by atoms with Crippen molar-refractivity contribution in [3.05, 3.63) is 93.6 Å². The zero-order chi connectivity index (χ0) is 18.2. The third kappa shape index (κ3) is 3.03. The molecule has 0 spiro atoms. The summed E-state index contributed by atoms with van der Waals surface area (Å²) in [6.45, 7) is 0. The number of nitrogens with zero attached hydrogens (tertiary/aromatic N) is 2. The van der Waals surface area contributed by atoms with Gasteiger partial charge in [-0.2, -0.15) is 0 Å². The van der Waals surface area contributed by atoms with Gasteiger partial charge in [0.15, 0.2) is 5.84 Å². The van der Waals surface area contributed by atoms with Crippen molar-refractivity contribution in [2.45, 2.75) is 0 Å². The maximum Gasteiger partial charge on any atom is 0.172 e. The molecule has 1 aliphatic rings. The van der Waals surface area contributed by atoms with Crippen LogP contribution in [0.1, 0.15) is 10.4 Å². The maximum atomic E-state index is 6.06. The van der Waals surface area contributed by atoms with E-state index < -0.39 is 0 Å². The van der Waals surface area contributed by atoms with Crippen molar-refractivity contribution in [2.24, 2.45) is 9.98 Å². The zero-order valence-corrected chi connectivity index (χ0v) is 15.8. The highest BCUT2D eigenvalue weighted by Crippen LogP contribution is 2.36. The van der Waals surface area contributed by atoms with Gasteiger partial charge in [0, 0.05) is 16.0 Å². The summed E-state index contributed by atoms with van der Waals surface area (Å²) in [5, 5.41) is 8.47. The molecule has 130 valence electrons. The van der Waals surface area contributed by atoms with Crippen molar-refractivity contribution in [1.82, 2.24) is 0 Å². The zero-order valence-electron chi connectivity index (χ0n) is 14.2. The monoisotopic (exact) mass is 387 g/mol. The van der Waals surface area contributed by atoms with E-state index in [0.717, 1.165) is 38.4 Å². The molecule has 4 aromatic rings.